The molecule has 1 aromatic rings. The average Bonchev–Trinajstić information content (AvgIpc) is 2.83. The highest BCUT2D eigenvalue weighted by Crippen LogP contribution is 2.39. The number of nitrogens with zero attached hydrogens (tertiary/aromatic N) is 2. The van der Waals surface area contributed by atoms with E-state index >= 15 is 0 Å². The number of ether oxygens (including phenoxy) is 2. The minimum atomic E-state index is -0.578. The molecule has 2 atom stereocenters. The lowest BCUT2D eigenvalue weighted by Crippen LogP contribution is -2.49. The Morgan fingerprint density at radius 2 is 1.80 bits per heavy atom. The first-order valence-corrected chi connectivity index (χ1v) is 12.5. The first-order valence-electron chi connectivity index (χ1n) is 11.7. The molecular formula is C25H30Cl2N2O6. The van der Waals surface area contributed by atoms with Gasteiger partial charge in [-0.2, -0.15) is 0 Å². The minimum absolute atomic E-state index is 0.0256. The van der Waals surface area contributed by atoms with E-state index in [0.717, 1.165) is 0 Å². The van der Waals surface area contributed by atoms with E-state index in [4.69, 9.17) is 32.7 Å². The van der Waals surface area contributed by atoms with Crippen molar-refractivity contribution in [3.63, 3.8) is 0 Å². The third-order valence-electron chi connectivity index (χ3n) is 6.35. The molecule has 10 heteroatoms. The van der Waals surface area contributed by atoms with Crippen LogP contribution < -0.4 is 0 Å². The number of likely N-dealkylation sites (tertiary alicyclic amines) is 1. The Morgan fingerprint density at radius 1 is 1.09 bits per heavy atom. The van der Waals surface area contributed by atoms with Gasteiger partial charge >= 0.3 is 11.9 Å². The van der Waals surface area contributed by atoms with E-state index in [2.05, 4.69) is 0 Å². The third-order valence-corrected chi connectivity index (χ3v) is 7.09. The predicted molar refractivity (Wildman–Crippen MR) is 131 cm³/mol. The first kappa shape index (κ1) is 27.0. The molecule has 0 bridgehead atoms. The Balaban J connectivity index is 1.86. The summed E-state index contributed by atoms with van der Waals surface area (Å²) < 4.78 is 10.4. The number of hydrogen-bond acceptors (Lipinski definition) is 6. The molecule has 2 aliphatic rings. The lowest BCUT2D eigenvalue weighted by Gasteiger charge is -2.37. The number of benzene rings is 1. The summed E-state index contributed by atoms with van der Waals surface area (Å²) in [5.41, 5.74) is 1.33. The van der Waals surface area contributed by atoms with Crippen LogP contribution >= 0.6 is 23.2 Å². The second kappa shape index (κ2) is 11.9. The van der Waals surface area contributed by atoms with Gasteiger partial charge in [0.05, 0.1) is 34.8 Å². The molecule has 2 heterocycles. The van der Waals surface area contributed by atoms with Crippen LogP contribution in [-0.4, -0.2) is 66.4 Å². The van der Waals surface area contributed by atoms with E-state index in [9.17, 15) is 19.2 Å². The lowest BCUT2D eigenvalue weighted by atomic mass is 9.83. The molecule has 2 unspecified atom stereocenters. The van der Waals surface area contributed by atoms with E-state index in [1.165, 1.54) is 4.90 Å². The monoisotopic (exact) mass is 524 g/mol. The van der Waals surface area contributed by atoms with Gasteiger partial charge < -0.3 is 19.3 Å². The summed E-state index contributed by atoms with van der Waals surface area (Å²) in [5, 5.41) is 0.683. The largest absolute Gasteiger partial charge is 0.466 e. The zero-order valence-electron chi connectivity index (χ0n) is 20.1. The maximum absolute atomic E-state index is 13.2. The van der Waals surface area contributed by atoms with Crippen LogP contribution in [-0.2, 0) is 28.7 Å². The van der Waals surface area contributed by atoms with Crippen molar-refractivity contribution >= 4 is 47.0 Å². The molecule has 1 fully saturated rings. The van der Waals surface area contributed by atoms with E-state index < -0.39 is 11.9 Å². The Kier molecular flexibility index (Phi) is 9.19. The minimum Gasteiger partial charge on any atom is -0.466 e. The number of carbonyl (C=O) groups is 4. The van der Waals surface area contributed by atoms with Crippen LogP contribution in [0.4, 0.5) is 0 Å². The van der Waals surface area contributed by atoms with Crippen LogP contribution in [0.2, 0.25) is 10.0 Å². The number of halogens is 2. The van der Waals surface area contributed by atoms with Crippen LogP contribution in [0, 0.1) is 5.92 Å². The van der Waals surface area contributed by atoms with Crippen LogP contribution in [0.25, 0.3) is 0 Å². The van der Waals surface area contributed by atoms with Gasteiger partial charge in [0.25, 0.3) is 0 Å². The fourth-order valence-corrected chi connectivity index (χ4v) is 4.89. The molecule has 0 saturated carbocycles. The van der Waals surface area contributed by atoms with Gasteiger partial charge in [0.2, 0.25) is 11.8 Å². The summed E-state index contributed by atoms with van der Waals surface area (Å²) in [6, 6.07) is 4.98. The highest BCUT2D eigenvalue weighted by molar-refractivity contribution is 6.42. The lowest BCUT2D eigenvalue weighted by molar-refractivity contribution is -0.152. The number of carbonyl (C=O) groups excluding carboxylic acids is 4. The van der Waals surface area contributed by atoms with Crippen molar-refractivity contribution in [2.75, 3.05) is 32.8 Å². The molecule has 2 aliphatic heterocycles. The van der Waals surface area contributed by atoms with Gasteiger partial charge in [0.1, 0.15) is 6.54 Å². The van der Waals surface area contributed by atoms with Gasteiger partial charge in [-0.15, -0.1) is 0 Å². The van der Waals surface area contributed by atoms with E-state index in [0.29, 0.717) is 46.3 Å². The molecule has 1 saturated heterocycles. The number of amides is 2. The Morgan fingerprint density at radius 3 is 2.46 bits per heavy atom. The van der Waals surface area contributed by atoms with Crippen molar-refractivity contribution in [1.82, 2.24) is 9.80 Å². The Labute approximate surface area is 215 Å². The van der Waals surface area contributed by atoms with Crippen molar-refractivity contribution in [3.05, 3.63) is 45.1 Å². The number of esters is 2. The van der Waals surface area contributed by atoms with Crippen molar-refractivity contribution in [2.45, 2.75) is 46.0 Å². The van der Waals surface area contributed by atoms with Gasteiger partial charge in [-0.3, -0.25) is 14.4 Å². The summed E-state index contributed by atoms with van der Waals surface area (Å²) in [6.45, 7) is 6.05. The topological polar surface area (TPSA) is 93.2 Å². The molecule has 3 rings (SSSR count). The summed E-state index contributed by atoms with van der Waals surface area (Å²) in [6.07, 6.45) is 1.30. The standard InChI is InChI=1S/C25H30Cl2N2O6/c1-4-34-24(32)17-7-6-10-28(13-17)22(31)14-29-15(3)23(25(33)35-5-2)18(12-21(29)30)16-8-9-19(26)20(27)11-16/h8-9,11,17-18H,4-7,10,12-14H2,1-3H3. The number of allylic oxidation sites excluding steroid dienone is 1. The molecular weight excluding hydrogens is 495 g/mol. The highest BCUT2D eigenvalue weighted by Gasteiger charge is 2.39. The molecule has 2 amide bonds. The van der Waals surface area contributed by atoms with Crippen LogP contribution in [0.3, 0.4) is 0 Å². The summed E-state index contributed by atoms with van der Waals surface area (Å²) in [4.78, 5) is 54.3. The van der Waals surface area contributed by atoms with Crippen molar-refractivity contribution in [3.8, 4) is 0 Å². The average molecular weight is 525 g/mol. The second-order valence-corrected chi connectivity index (χ2v) is 9.38. The van der Waals surface area contributed by atoms with Crippen LogP contribution in [0.1, 0.15) is 51.5 Å². The van der Waals surface area contributed by atoms with Gasteiger partial charge in [-0.1, -0.05) is 29.3 Å². The van der Waals surface area contributed by atoms with Crippen molar-refractivity contribution in [2.24, 2.45) is 5.92 Å². The second-order valence-electron chi connectivity index (χ2n) is 8.56. The van der Waals surface area contributed by atoms with E-state index in [-0.39, 0.29) is 56.4 Å². The fourth-order valence-electron chi connectivity index (χ4n) is 4.58. The number of hydrogen-bond donors (Lipinski definition) is 0. The molecule has 0 spiro atoms. The molecule has 0 radical (unpaired) electrons. The number of piperidine rings is 1. The fraction of sp³-hybridized carbons (Fsp3) is 0.520. The van der Waals surface area contributed by atoms with Crippen molar-refractivity contribution < 1.29 is 28.7 Å². The van der Waals surface area contributed by atoms with E-state index in [1.54, 1.807) is 43.9 Å². The molecule has 8 nitrogen and oxygen atoms in total. The van der Waals surface area contributed by atoms with Crippen molar-refractivity contribution in [1.29, 1.82) is 0 Å². The van der Waals surface area contributed by atoms with E-state index in [1.807, 2.05) is 0 Å². The summed E-state index contributed by atoms with van der Waals surface area (Å²) in [7, 11) is 0. The Bertz CT molecular complexity index is 1040. The first-order chi connectivity index (χ1) is 16.7. The van der Waals surface area contributed by atoms with Crippen LogP contribution in [0.15, 0.2) is 29.5 Å². The molecule has 190 valence electrons. The molecule has 0 aliphatic carbocycles. The van der Waals surface area contributed by atoms with Gasteiger partial charge in [0, 0.05) is 31.1 Å². The quantitative estimate of drug-likeness (QED) is 0.501. The third kappa shape index (κ3) is 6.16. The van der Waals surface area contributed by atoms with Gasteiger partial charge in [0.15, 0.2) is 0 Å². The maximum atomic E-state index is 13.2. The zero-order valence-corrected chi connectivity index (χ0v) is 21.7. The Hall–Kier alpha value is -2.58. The summed E-state index contributed by atoms with van der Waals surface area (Å²) >= 11 is 12.2. The van der Waals surface area contributed by atoms with Gasteiger partial charge in [-0.25, -0.2) is 4.79 Å². The highest BCUT2D eigenvalue weighted by atomic mass is 35.5. The molecule has 0 N–H and O–H groups in total. The smallest absolute Gasteiger partial charge is 0.336 e. The summed E-state index contributed by atoms with van der Waals surface area (Å²) in [5.74, 6) is -2.40. The predicted octanol–water partition coefficient (Wildman–Crippen LogP) is 3.95. The zero-order chi connectivity index (χ0) is 25.7. The SMILES string of the molecule is CCOC(=O)C1=C(C)N(CC(=O)N2CCCC(C(=O)OCC)C2)C(=O)CC1c1ccc(Cl)c(Cl)c1. The molecule has 0 aromatic heterocycles. The van der Waals surface area contributed by atoms with Gasteiger partial charge in [-0.05, 0) is 51.3 Å². The normalized spacial score (nSPS) is 20.7. The molecule has 35 heavy (non-hydrogen) atoms. The van der Waals surface area contributed by atoms with Crippen LogP contribution in [0.5, 0.6) is 0 Å². The maximum Gasteiger partial charge on any atom is 0.336 e. The molecule has 1 aromatic carbocycles. The number of rotatable bonds is 7.